The smallest absolute Gasteiger partial charge is 0.321 e. The van der Waals surface area contributed by atoms with Gasteiger partial charge < -0.3 is 9.73 Å². The number of amides is 2. The van der Waals surface area contributed by atoms with Crippen LogP contribution in [0, 0.1) is 0 Å². The summed E-state index contributed by atoms with van der Waals surface area (Å²) >= 11 is 1.38. The van der Waals surface area contributed by atoms with E-state index in [1.54, 1.807) is 12.5 Å². The van der Waals surface area contributed by atoms with Gasteiger partial charge >= 0.3 is 6.03 Å². The molecular formula is C11H13N3O2S. The second-order valence-corrected chi connectivity index (χ2v) is 4.51. The number of urea groups is 1. The van der Waals surface area contributed by atoms with Crippen molar-refractivity contribution in [2.24, 2.45) is 0 Å². The van der Waals surface area contributed by atoms with E-state index in [4.69, 9.17) is 4.42 Å². The molecule has 17 heavy (non-hydrogen) atoms. The molecule has 6 heteroatoms. The minimum Gasteiger partial charge on any atom is -0.469 e. The molecule has 0 aromatic carbocycles. The quantitative estimate of drug-likeness (QED) is 0.877. The van der Waals surface area contributed by atoms with E-state index in [1.807, 2.05) is 24.4 Å². The molecule has 0 aliphatic rings. The van der Waals surface area contributed by atoms with Crippen LogP contribution in [0.25, 0.3) is 0 Å². The predicted molar refractivity (Wildman–Crippen MR) is 66.1 cm³/mol. The Bertz CT molecular complexity index is 453. The molecular weight excluding hydrogens is 238 g/mol. The minimum atomic E-state index is -0.251. The summed E-state index contributed by atoms with van der Waals surface area (Å²) in [6, 6.07) is 3.47. The molecule has 2 heterocycles. The summed E-state index contributed by atoms with van der Waals surface area (Å²) in [5, 5.41) is 7.87. The van der Waals surface area contributed by atoms with E-state index in [2.05, 4.69) is 15.6 Å². The molecule has 0 aliphatic heterocycles. The molecule has 0 aliphatic carbocycles. The summed E-state index contributed by atoms with van der Waals surface area (Å²) in [4.78, 5) is 15.5. The van der Waals surface area contributed by atoms with Gasteiger partial charge in [-0.05, 0) is 19.1 Å². The van der Waals surface area contributed by atoms with Crippen molar-refractivity contribution in [3.05, 3.63) is 35.7 Å². The summed E-state index contributed by atoms with van der Waals surface area (Å²) in [6.45, 7) is 1.92. The first kappa shape index (κ1) is 11.7. The lowest BCUT2D eigenvalue weighted by molar-refractivity contribution is 0.248. The minimum absolute atomic E-state index is 0.00103. The van der Waals surface area contributed by atoms with Crippen LogP contribution in [0.15, 0.2) is 34.4 Å². The number of nitrogens with one attached hydrogen (secondary N) is 2. The van der Waals surface area contributed by atoms with Crippen molar-refractivity contribution in [1.82, 2.24) is 10.3 Å². The second kappa shape index (κ2) is 5.49. The van der Waals surface area contributed by atoms with Gasteiger partial charge in [-0.25, -0.2) is 9.78 Å². The number of aromatic nitrogens is 1. The number of thiazole rings is 1. The number of carbonyl (C=O) groups is 1. The zero-order valence-electron chi connectivity index (χ0n) is 9.34. The first-order chi connectivity index (χ1) is 8.24. The Morgan fingerprint density at radius 1 is 1.65 bits per heavy atom. The van der Waals surface area contributed by atoms with Gasteiger partial charge in [-0.3, -0.25) is 5.32 Å². The second-order valence-electron chi connectivity index (χ2n) is 3.62. The highest BCUT2D eigenvalue weighted by atomic mass is 32.1. The van der Waals surface area contributed by atoms with Crippen molar-refractivity contribution in [3.63, 3.8) is 0 Å². The number of hydrogen-bond donors (Lipinski definition) is 2. The Kier molecular flexibility index (Phi) is 3.77. The number of nitrogens with zero attached hydrogens (tertiary/aromatic N) is 1. The van der Waals surface area contributed by atoms with Gasteiger partial charge in [-0.1, -0.05) is 0 Å². The molecule has 0 saturated carbocycles. The maximum absolute atomic E-state index is 11.6. The topological polar surface area (TPSA) is 67.2 Å². The fraction of sp³-hybridized carbons (Fsp3) is 0.273. The van der Waals surface area contributed by atoms with Crippen LogP contribution in [-0.4, -0.2) is 17.1 Å². The van der Waals surface area contributed by atoms with E-state index in [0.29, 0.717) is 11.6 Å². The first-order valence-corrected chi connectivity index (χ1v) is 6.11. The molecule has 0 radical (unpaired) electrons. The van der Waals surface area contributed by atoms with Crippen molar-refractivity contribution < 1.29 is 9.21 Å². The van der Waals surface area contributed by atoms with Crippen LogP contribution in [-0.2, 0) is 6.42 Å². The zero-order valence-corrected chi connectivity index (χ0v) is 10.2. The summed E-state index contributed by atoms with van der Waals surface area (Å²) in [7, 11) is 0. The highest BCUT2D eigenvalue weighted by molar-refractivity contribution is 7.13. The lowest BCUT2D eigenvalue weighted by Crippen LogP contribution is -2.37. The zero-order chi connectivity index (χ0) is 12.1. The van der Waals surface area contributed by atoms with Gasteiger partial charge in [0.1, 0.15) is 5.76 Å². The molecule has 0 fully saturated rings. The molecule has 2 N–H and O–H groups in total. The first-order valence-electron chi connectivity index (χ1n) is 5.23. The van der Waals surface area contributed by atoms with E-state index in [0.717, 1.165) is 5.76 Å². The lowest BCUT2D eigenvalue weighted by Gasteiger charge is -2.12. The van der Waals surface area contributed by atoms with E-state index in [1.165, 1.54) is 11.3 Å². The monoisotopic (exact) mass is 251 g/mol. The summed E-state index contributed by atoms with van der Waals surface area (Å²) in [5.74, 6) is 0.854. The van der Waals surface area contributed by atoms with Crippen LogP contribution in [0.1, 0.15) is 12.7 Å². The van der Waals surface area contributed by atoms with Crippen molar-refractivity contribution in [1.29, 1.82) is 0 Å². The fourth-order valence-corrected chi connectivity index (χ4v) is 1.95. The van der Waals surface area contributed by atoms with Crippen molar-refractivity contribution in [2.75, 3.05) is 5.32 Å². The van der Waals surface area contributed by atoms with Crippen molar-refractivity contribution >= 4 is 22.5 Å². The number of rotatable bonds is 4. The number of hydrogen-bond acceptors (Lipinski definition) is 4. The van der Waals surface area contributed by atoms with E-state index in [-0.39, 0.29) is 12.1 Å². The highest BCUT2D eigenvalue weighted by Gasteiger charge is 2.10. The maximum Gasteiger partial charge on any atom is 0.321 e. The molecule has 0 bridgehead atoms. The number of anilines is 1. The number of furan rings is 1. The van der Waals surface area contributed by atoms with Gasteiger partial charge in [0.2, 0.25) is 0 Å². The Morgan fingerprint density at radius 3 is 3.18 bits per heavy atom. The van der Waals surface area contributed by atoms with Crippen LogP contribution in [0.4, 0.5) is 9.93 Å². The van der Waals surface area contributed by atoms with Crippen molar-refractivity contribution in [2.45, 2.75) is 19.4 Å². The largest absolute Gasteiger partial charge is 0.469 e. The third kappa shape index (κ3) is 3.60. The Labute approximate surface area is 103 Å². The maximum atomic E-state index is 11.6. The summed E-state index contributed by atoms with van der Waals surface area (Å²) < 4.78 is 5.21. The van der Waals surface area contributed by atoms with Crippen LogP contribution < -0.4 is 10.6 Å². The van der Waals surface area contributed by atoms with Crippen LogP contribution >= 0.6 is 11.3 Å². The average molecular weight is 251 g/mol. The lowest BCUT2D eigenvalue weighted by atomic mass is 10.2. The van der Waals surface area contributed by atoms with Crippen molar-refractivity contribution in [3.8, 4) is 0 Å². The molecule has 2 aromatic rings. The van der Waals surface area contributed by atoms with Gasteiger partial charge in [0.15, 0.2) is 5.13 Å². The van der Waals surface area contributed by atoms with Crippen LogP contribution in [0.5, 0.6) is 0 Å². The van der Waals surface area contributed by atoms with Crippen LogP contribution in [0.2, 0.25) is 0 Å². The van der Waals surface area contributed by atoms with Gasteiger partial charge in [0.05, 0.1) is 6.26 Å². The molecule has 1 atom stereocenters. The Hall–Kier alpha value is -1.82. The van der Waals surface area contributed by atoms with Gasteiger partial charge in [-0.15, -0.1) is 11.3 Å². The highest BCUT2D eigenvalue weighted by Crippen LogP contribution is 2.10. The van der Waals surface area contributed by atoms with Gasteiger partial charge in [-0.2, -0.15) is 0 Å². The summed E-state index contributed by atoms with van der Waals surface area (Å²) in [6.07, 6.45) is 3.93. The molecule has 2 rings (SSSR count). The molecule has 2 amide bonds. The standard InChI is InChI=1S/C11H13N3O2S/c1-8(7-9-3-2-5-16-9)13-10(15)14-11-12-4-6-17-11/h2-6,8H,7H2,1H3,(H2,12,13,14,15). The van der Waals surface area contributed by atoms with E-state index in [9.17, 15) is 4.79 Å². The number of carbonyl (C=O) groups excluding carboxylic acids is 1. The molecule has 1 unspecified atom stereocenters. The third-order valence-electron chi connectivity index (χ3n) is 2.12. The van der Waals surface area contributed by atoms with E-state index >= 15 is 0 Å². The SMILES string of the molecule is CC(Cc1ccco1)NC(=O)Nc1nccs1. The Morgan fingerprint density at radius 2 is 2.53 bits per heavy atom. The van der Waals surface area contributed by atoms with Gasteiger partial charge in [0, 0.05) is 24.0 Å². The summed E-state index contributed by atoms with van der Waals surface area (Å²) in [5.41, 5.74) is 0. The normalized spacial score (nSPS) is 12.1. The third-order valence-corrected chi connectivity index (χ3v) is 2.81. The molecule has 2 aromatic heterocycles. The van der Waals surface area contributed by atoms with Gasteiger partial charge in [0.25, 0.3) is 0 Å². The molecule has 5 nitrogen and oxygen atoms in total. The molecule has 90 valence electrons. The molecule has 0 saturated heterocycles. The fourth-order valence-electron chi connectivity index (χ4n) is 1.42. The predicted octanol–water partition coefficient (Wildman–Crippen LogP) is 2.49. The van der Waals surface area contributed by atoms with E-state index < -0.39 is 0 Å². The average Bonchev–Trinajstić information content (AvgIpc) is 2.90. The van der Waals surface area contributed by atoms with Crippen LogP contribution in [0.3, 0.4) is 0 Å². The molecule has 0 spiro atoms. The Balaban J connectivity index is 1.78.